The molecule has 2 atom stereocenters. The van der Waals surface area contributed by atoms with Gasteiger partial charge in [-0.3, -0.25) is 4.79 Å². The normalized spacial score (nSPS) is 20.4. The van der Waals surface area contributed by atoms with Gasteiger partial charge in [-0.15, -0.1) is 11.3 Å². The van der Waals surface area contributed by atoms with Crippen LogP contribution in [0.5, 0.6) is 5.75 Å². The molecule has 0 unspecified atom stereocenters. The summed E-state index contributed by atoms with van der Waals surface area (Å²) in [5.41, 5.74) is -2.15. The lowest BCUT2D eigenvalue weighted by Gasteiger charge is -2.36. The fourth-order valence-electron chi connectivity index (χ4n) is 5.02. The van der Waals surface area contributed by atoms with E-state index in [1.807, 2.05) is 31.5 Å². The van der Waals surface area contributed by atoms with E-state index in [1.54, 1.807) is 25.7 Å². The maximum absolute atomic E-state index is 13.7. The number of thiazole rings is 1. The molecule has 2 amide bonds. The van der Waals surface area contributed by atoms with Crippen LogP contribution < -0.4 is 9.54 Å². The summed E-state index contributed by atoms with van der Waals surface area (Å²) in [4.78, 5) is 33.7. The Balaban J connectivity index is 1.65. The van der Waals surface area contributed by atoms with E-state index in [0.29, 0.717) is 30.9 Å². The van der Waals surface area contributed by atoms with Gasteiger partial charge in [0, 0.05) is 24.2 Å². The predicted molar refractivity (Wildman–Crippen MR) is 157 cm³/mol. The van der Waals surface area contributed by atoms with Gasteiger partial charge in [-0.05, 0) is 76.5 Å². The zero-order valence-electron chi connectivity index (χ0n) is 25.8. The second kappa shape index (κ2) is 13.0. The van der Waals surface area contributed by atoms with Crippen LogP contribution in [-0.4, -0.2) is 59.0 Å². The molecule has 2 saturated heterocycles. The Bertz CT molecular complexity index is 1360. The van der Waals surface area contributed by atoms with E-state index in [2.05, 4.69) is 4.99 Å². The SMILES string of the molecule is CC(C)(C)OC(=O)N1CCCC[C@H]1COc1ccc(C(F)(F)F)cc1C(=O)N=c1sc(C(C)(C)C)cn1C[C@H]1CCCO1. The standard InChI is InChI=1S/C31H42F3N3O5S/c1-29(2,3)25-18-36(17-22-11-9-15-40-22)27(43-25)35-26(38)23-16-20(31(32,33)34)12-13-24(23)41-19-21-10-7-8-14-37(21)28(39)42-30(4,5)6/h12-13,16,18,21-22H,7-11,14-15,17,19H2,1-6H3/t21-,22+/m0/s1. The number of hydrogen-bond acceptors (Lipinski definition) is 6. The largest absolute Gasteiger partial charge is 0.491 e. The number of alkyl halides is 3. The first-order valence-electron chi connectivity index (χ1n) is 14.8. The Kier molecular flexibility index (Phi) is 10.0. The van der Waals surface area contributed by atoms with Crippen LogP contribution in [0.3, 0.4) is 0 Å². The van der Waals surface area contributed by atoms with Crippen molar-refractivity contribution in [3.8, 4) is 5.75 Å². The van der Waals surface area contributed by atoms with Crippen molar-refractivity contribution in [2.45, 2.75) is 110 Å². The van der Waals surface area contributed by atoms with Gasteiger partial charge in [-0.1, -0.05) is 20.8 Å². The third-order valence-electron chi connectivity index (χ3n) is 7.30. The molecule has 4 rings (SSSR count). The van der Waals surface area contributed by atoms with E-state index < -0.39 is 29.3 Å². The van der Waals surface area contributed by atoms with Crippen LogP contribution in [0.15, 0.2) is 29.4 Å². The minimum absolute atomic E-state index is 0.00290. The van der Waals surface area contributed by atoms with Gasteiger partial charge >= 0.3 is 12.3 Å². The number of amides is 2. The molecule has 0 bridgehead atoms. The van der Waals surface area contributed by atoms with Gasteiger partial charge in [0.2, 0.25) is 0 Å². The van der Waals surface area contributed by atoms with E-state index in [9.17, 15) is 22.8 Å². The van der Waals surface area contributed by atoms with Crippen LogP contribution in [0, 0.1) is 0 Å². The molecule has 238 valence electrons. The Morgan fingerprint density at radius 2 is 1.81 bits per heavy atom. The van der Waals surface area contributed by atoms with Crippen molar-refractivity contribution in [2.24, 2.45) is 4.99 Å². The van der Waals surface area contributed by atoms with Crippen molar-refractivity contribution in [1.29, 1.82) is 0 Å². The van der Waals surface area contributed by atoms with Crippen molar-refractivity contribution in [1.82, 2.24) is 9.47 Å². The molecular weight excluding hydrogens is 583 g/mol. The summed E-state index contributed by atoms with van der Waals surface area (Å²) in [6.07, 6.45) is 0.931. The summed E-state index contributed by atoms with van der Waals surface area (Å²) in [6, 6.07) is 2.47. The number of nitrogens with zero attached hydrogens (tertiary/aromatic N) is 3. The number of rotatable bonds is 6. The van der Waals surface area contributed by atoms with Gasteiger partial charge in [0.15, 0.2) is 4.80 Å². The van der Waals surface area contributed by atoms with Crippen molar-refractivity contribution in [3.05, 3.63) is 45.2 Å². The minimum atomic E-state index is -4.66. The summed E-state index contributed by atoms with van der Waals surface area (Å²) < 4.78 is 60.3. The molecule has 8 nitrogen and oxygen atoms in total. The number of ether oxygens (including phenoxy) is 3. The first-order valence-corrected chi connectivity index (χ1v) is 15.6. The lowest BCUT2D eigenvalue weighted by atomic mass is 9.95. The lowest BCUT2D eigenvalue weighted by Crippen LogP contribution is -2.48. The van der Waals surface area contributed by atoms with Crippen molar-refractivity contribution < 1.29 is 37.0 Å². The van der Waals surface area contributed by atoms with Crippen molar-refractivity contribution in [2.75, 3.05) is 19.8 Å². The quantitative estimate of drug-likeness (QED) is 0.347. The molecule has 2 aliphatic heterocycles. The second-order valence-electron chi connectivity index (χ2n) is 13.2. The lowest BCUT2D eigenvalue weighted by molar-refractivity contribution is -0.137. The highest BCUT2D eigenvalue weighted by molar-refractivity contribution is 7.09. The maximum Gasteiger partial charge on any atom is 0.416 e. The third-order valence-corrected chi connectivity index (χ3v) is 8.75. The third kappa shape index (κ3) is 8.84. The van der Waals surface area contributed by atoms with E-state index in [0.717, 1.165) is 48.8 Å². The molecule has 0 radical (unpaired) electrons. The summed E-state index contributed by atoms with van der Waals surface area (Å²) in [5.74, 6) is -0.855. The van der Waals surface area contributed by atoms with E-state index >= 15 is 0 Å². The number of hydrogen-bond donors (Lipinski definition) is 0. The van der Waals surface area contributed by atoms with Gasteiger partial charge in [0.1, 0.15) is 18.0 Å². The molecule has 2 aliphatic rings. The van der Waals surface area contributed by atoms with E-state index in [4.69, 9.17) is 14.2 Å². The number of likely N-dealkylation sites (tertiary alicyclic amines) is 1. The number of halogens is 3. The molecule has 12 heteroatoms. The van der Waals surface area contributed by atoms with Crippen LogP contribution in [0.1, 0.15) is 94.4 Å². The molecule has 1 aromatic heterocycles. The van der Waals surface area contributed by atoms with Gasteiger partial charge in [-0.2, -0.15) is 18.2 Å². The number of piperidine rings is 1. The van der Waals surface area contributed by atoms with E-state index in [1.165, 1.54) is 11.3 Å². The molecule has 2 aromatic rings. The van der Waals surface area contributed by atoms with E-state index in [-0.39, 0.29) is 35.5 Å². The fourth-order valence-corrected chi connectivity index (χ4v) is 6.08. The number of benzene rings is 1. The molecule has 0 spiro atoms. The summed E-state index contributed by atoms with van der Waals surface area (Å²) in [7, 11) is 0. The molecule has 3 heterocycles. The molecular formula is C31H42F3N3O5S. The van der Waals surface area contributed by atoms with Crippen molar-refractivity contribution >= 4 is 23.3 Å². The minimum Gasteiger partial charge on any atom is -0.491 e. The molecule has 2 fully saturated rings. The Hall–Kier alpha value is -2.86. The maximum atomic E-state index is 13.7. The number of carbonyl (C=O) groups is 2. The smallest absolute Gasteiger partial charge is 0.416 e. The molecule has 0 aliphatic carbocycles. The molecule has 0 saturated carbocycles. The van der Waals surface area contributed by atoms with Crippen LogP contribution in [0.2, 0.25) is 0 Å². The summed E-state index contributed by atoms with van der Waals surface area (Å²) in [6.45, 7) is 13.1. The van der Waals surface area contributed by atoms with Crippen molar-refractivity contribution in [3.63, 3.8) is 0 Å². The predicted octanol–water partition coefficient (Wildman–Crippen LogP) is 6.95. The van der Waals surface area contributed by atoms with Gasteiger partial charge in [0.05, 0.1) is 29.8 Å². The monoisotopic (exact) mass is 625 g/mol. The molecule has 0 N–H and O–H groups in total. The fraction of sp³-hybridized carbons (Fsp3) is 0.645. The van der Waals surface area contributed by atoms with Gasteiger partial charge in [0.25, 0.3) is 5.91 Å². The Labute approximate surface area is 254 Å². The van der Waals surface area contributed by atoms with Crippen LogP contribution in [0.4, 0.5) is 18.0 Å². The highest BCUT2D eigenvalue weighted by Gasteiger charge is 2.34. The van der Waals surface area contributed by atoms with Crippen LogP contribution in [-0.2, 0) is 27.6 Å². The van der Waals surface area contributed by atoms with Crippen LogP contribution >= 0.6 is 11.3 Å². The number of carbonyl (C=O) groups excluding carboxylic acids is 2. The van der Waals surface area contributed by atoms with Gasteiger partial charge in [-0.25, -0.2) is 4.79 Å². The van der Waals surface area contributed by atoms with Crippen LogP contribution in [0.25, 0.3) is 0 Å². The average Bonchev–Trinajstić information content (AvgIpc) is 3.56. The number of aromatic nitrogens is 1. The first kappa shape index (κ1) is 33.0. The zero-order chi connectivity index (χ0) is 31.6. The van der Waals surface area contributed by atoms with Gasteiger partial charge < -0.3 is 23.7 Å². The Morgan fingerprint density at radius 1 is 1.07 bits per heavy atom. The summed E-state index contributed by atoms with van der Waals surface area (Å²) >= 11 is 1.33. The first-order chi connectivity index (χ1) is 20.0. The second-order valence-corrected chi connectivity index (χ2v) is 14.2. The molecule has 43 heavy (non-hydrogen) atoms. The Morgan fingerprint density at radius 3 is 2.44 bits per heavy atom. The average molecular weight is 626 g/mol. The highest BCUT2D eigenvalue weighted by atomic mass is 32.1. The summed E-state index contributed by atoms with van der Waals surface area (Å²) in [5, 5.41) is 0. The topological polar surface area (TPSA) is 82.4 Å². The zero-order valence-corrected chi connectivity index (χ0v) is 26.6. The highest BCUT2D eigenvalue weighted by Crippen LogP contribution is 2.34. The molecule has 1 aromatic carbocycles.